The molecule has 2 saturated heterocycles. The Hall–Kier alpha value is -2.87. The lowest BCUT2D eigenvalue weighted by Crippen LogP contribution is -2.46. The molecule has 8 nitrogen and oxygen atoms in total. The first-order valence-corrected chi connectivity index (χ1v) is 10.6. The molecule has 0 bridgehead atoms. The minimum absolute atomic E-state index is 0.0357. The van der Waals surface area contributed by atoms with E-state index in [1.165, 1.54) is 12.7 Å². The Balaban J connectivity index is 1.37. The maximum atomic E-state index is 11.8. The average Bonchev–Trinajstić information content (AvgIpc) is 2.80. The number of methoxy groups -OCH3 is 1. The van der Waals surface area contributed by atoms with E-state index in [0.29, 0.717) is 5.69 Å². The van der Waals surface area contributed by atoms with Gasteiger partial charge in [-0.25, -0.2) is 9.97 Å². The number of carbonyl (C=O) groups excluding carboxylic acids is 1. The quantitative estimate of drug-likeness (QED) is 0.747. The summed E-state index contributed by atoms with van der Waals surface area (Å²) in [6.45, 7) is 6.16. The van der Waals surface area contributed by atoms with Crippen molar-refractivity contribution < 1.29 is 9.53 Å². The minimum atomic E-state index is -0.126. The number of nitrogen functional groups attached to an aromatic ring is 1. The Morgan fingerprint density at radius 1 is 1.00 bits per heavy atom. The second kappa shape index (κ2) is 9.30. The highest BCUT2D eigenvalue weighted by atomic mass is 16.5. The van der Waals surface area contributed by atoms with Gasteiger partial charge in [0.25, 0.3) is 0 Å². The molecule has 2 fully saturated rings. The van der Waals surface area contributed by atoms with Crippen molar-refractivity contribution in [1.29, 1.82) is 0 Å². The van der Waals surface area contributed by atoms with Gasteiger partial charge in [-0.2, -0.15) is 0 Å². The topological polar surface area (TPSA) is 87.8 Å². The molecule has 1 aromatic heterocycles. The van der Waals surface area contributed by atoms with Gasteiger partial charge >= 0.3 is 5.97 Å². The van der Waals surface area contributed by atoms with E-state index in [-0.39, 0.29) is 11.9 Å². The first-order chi connectivity index (χ1) is 14.7. The summed E-state index contributed by atoms with van der Waals surface area (Å²) in [4.78, 5) is 27.6. The first-order valence-electron chi connectivity index (χ1n) is 10.6. The highest BCUT2D eigenvalue weighted by Crippen LogP contribution is 2.32. The number of hydrogen-bond acceptors (Lipinski definition) is 8. The van der Waals surface area contributed by atoms with Crippen molar-refractivity contribution >= 4 is 23.3 Å². The van der Waals surface area contributed by atoms with Crippen molar-refractivity contribution in [3.63, 3.8) is 0 Å². The number of piperidine rings is 1. The zero-order valence-corrected chi connectivity index (χ0v) is 17.5. The van der Waals surface area contributed by atoms with Gasteiger partial charge in [0.1, 0.15) is 12.0 Å². The van der Waals surface area contributed by atoms with E-state index in [0.717, 1.165) is 70.3 Å². The molecule has 160 valence electrons. The molecule has 0 aliphatic carbocycles. The molecule has 2 aromatic rings. The van der Waals surface area contributed by atoms with Crippen LogP contribution in [0.25, 0.3) is 0 Å². The molecule has 2 N–H and O–H groups in total. The largest absolute Gasteiger partial charge is 0.469 e. The number of hydrogen-bond donors (Lipinski definition) is 1. The summed E-state index contributed by atoms with van der Waals surface area (Å²) in [5.74, 6) is 1.43. The van der Waals surface area contributed by atoms with Gasteiger partial charge in [0.2, 0.25) is 0 Å². The summed E-state index contributed by atoms with van der Waals surface area (Å²) < 4.78 is 4.88. The molecule has 0 unspecified atom stereocenters. The van der Waals surface area contributed by atoms with Gasteiger partial charge in [-0.05, 0) is 18.4 Å². The van der Waals surface area contributed by atoms with Crippen LogP contribution in [0.1, 0.15) is 18.4 Å². The Morgan fingerprint density at radius 3 is 2.20 bits per heavy atom. The number of anilines is 3. The molecule has 2 aliphatic rings. The van der Waals surface area contributed by atoms with Crippen LogP contribution in [0.2, 0.25) is 0 Å². The van der Waals surface area contributed by atoms with Gasteiger partial charge in [0.15, 0.2) is 11.6 Å². The minimum Gasteiger partial charge on any atom is -0.469 e. The van der Waals surface area contributed by atoms with Crippen LogP contribution in [0.5, 0.6) is 0 Å². The van der Waals surface area contributed by atoms with E-state index in [1.807, 2.05) is 0 Å². The molecule has 2 aliphatic heterocycles. The zero-order valence-electron chi connectivity index (χ0n) is 17.5. The van der Waals surface area contributed by atoms with Crippen molar-refractivity contribution in [2.45, 2.75) is 19.4 Å². The predicted molar refractivity (Wildman–Crippen MR) is 117 cm³/mol. The number of ether oxygens (including phenoxy) is 1. The van der Waals surface area contributed by atoms with E-state index < -0.39 is 0 Å². The van der Waals surface area contributed by atoms with E-state index in [4.69, 9.17) is 10.5 Å². The number of aromatic nitrogens is 2. The van der Waals surface area contributed by atoms with Crippen LogP contribution in [-0.4, -0.2) is 67.2 Å². The Kier molecular flexibility index (Phi) is 6.32. The molecule has 1 aromatic carbocycles. The van der Waals surface area contributed by atoms with Crippen molar-refractivity contribution in [3.05, 3.63) is 42.2 Å². The number of piperazine rings is 1. The number of esters is 1. The van der Waals surface area contributed by atoms with E-state index in [2.05, 4.69) is 55.0 Å². The fraction of sp³-hybridized carbons (Fsp3) is 0.500. The molecule has 0 amide bonds. The van der Waals surface area contributed by atoms with Gasteiger partial charge in [-0.1, -0.05) is 30.3 Å². The molecule has 0 spiro atoms. The molecule has 3 heterocycles. The van der Waals surface area contributed by atoms with Crippen molar-refractivity contribution in [3.8, 4) is 0 Å². The smallest absolute Gasteiger partial charge is 0.308 e. The molecule has 30 heavy (non-hydrogen) atoms. The van der Waals surface area contributed by atoms with Crippen molar-refractivity contribution in [1.82, 2.24) is 14.9 Å². The third-order valence-electron chi connectivity index (χ3n) is 6.09. The SMILES string of the molecule is COC(=O)C1CCN(c2ncnc(N3CCN(Cc4ccccc4)CC3)c2N)CC1. The van der Waals surface area contributed by atoms with Gasteiger partial charge in [-0.3, -0.25) is 9.69 Å². The second-order valence-electron chi connectivity index (χ2n) is 7.97. The molecule has 0 radical (unpaired) electrons. The maximum Gasteiger partial charge on any atom is 0.308 e. The Bertz CT molecular complexity index is 846. The lowest BCUT2D eigenvalue weighted by molar-refractivity contribution is -0.146. The maximum absolute atomic E-state index is 11.8. The lowest BCUT2D eigenvalue weighted by Gasteiger charge is -2.37. The van der Waals surface area contributed by atoms with Crippen LogP contribution in [0.4, 0.5) is 17.3 Å². The Labute approximate surface area is 177 Å². The fourth-order valence-corrected chi connectivity index (χ4v) is 4.33. The summed E-state index contributed by atoms with van der Waals surface area (Å²) in [6.07, 6.45) is 3.11. The number of nitrogens with two attached hydrogens (primary N) is 1. The van der Waals surface area contributed by atoms with Gasteiger partial charge in [0, 0.05) is 45.8 Å². The van der Waals surface area contributed by atoms with Gasteiger partial charge < -0.3 is 20.3 Å². The second-order valence-corrected chi connectivity index (χ2v) is 7.97. The number of carbonyl (C=O) groups is 1. The summed E-state index contributed by atoms with van der Waals surface area (Å²) >= 11 is 0. The van der Waals surface area contributed by atoms with Crippen LogP contribution in [-0.2, 0) is 16.1 Å². The normalized spacial score (nSPS) is 18.4. The average molecular weight is 411 g/mol. The van der Waals surface area contributed by atoms with Crippen LogP contribution in [0.3, 0.4) is 0 Å². The first kappa shape index (κ1) is 20.4. The zero-order chi connectivity index (χ0) is 20.9. The fourth-order valence-electron chi connectivity index (χ4n) is 4.33. The Morgan fingerprint density at radius 2 is 1.60 bits per heavy atom. The number of rotatable bonds is 5. The lowest BCUT2D eigenvalue weighted by atomic mass is 9.97. The van der Waals surface area contributed by atoms with Crippen molar-refractivity contribution in [2.24, 2.45) is 5.92 Å². The summed E-state index contributed by atoms with van der Waals surface area (Å²) in [6, 6.07) is 10.6. The van der Waals surface area contributed by atoms with E-state index in [1.54, 1.807) is 6.33 Å². The standard InChI is InChI=1S/C22H30N6O2/c1-30-22(29)18-7-9-27(10-8-18)20-19(23)21(25-16-24-20)28-13-11-26(12-14-28)15-17-5-3-2-4-6-17/h2-6,16,18H,7-15,23H2,1H3. The number of benzene rings is 1. The number of nitrogens with zero attached hydrogens (tertiary/aromatic N) is 5. The van der Waals surface area contributed by atoms with E-state index in [9.17, 15) is 4.79 Å². The summed E-state index contributed by atoms with van der Waals surface area (Å²) in [7, 11) is 1.45. The van der Waals surface area contributed by atoms with Crippen LogP contribution >= 0.6 is 0 Å². The highest BCUT2D eigenvalue weighted by Gasteiger charge is 2.28. The highest BCUT2D eigenvalue weighted by molar-refractivity contribution is 5.77. The molecule has 0 saturated carbocycles. The van der Waals surface area contributed by atoms with Crippen LogP contribution in [0.15, 0.2) is 36.7 Å². The van der Waals surface area contributed by atoms with Crippen LogP contribution in [0, 0.1) is 5.92 Å². The van der Waals surface area contributed by atoms with Crippen molar-refractivity contribution in [2.75, 3.05) is 61.9 Å². The summed E-state index contributed by atoms with van der Waals surface area (Å²) in [5, 5.41) is 0. The van der Waals surface area contributed by atoms with E-state index >= 15 is 0 Å². The molecule has 0 atom stereocenters. The van der Waals surface area contributed by atoms with Crippen LogP contribution < -0.4 is 15.5 Å². The molecular weight excluding hydrogens is 380 g/mol. The van der Waals surface area contributed by atoms with Gasteiger partial charge in [0.05, 0.1) is 13.0 Å². The monoisotopic (exact) mass is 410 g/mol. The molecular formula is C22H30N6O2. The molecule has 8 heteroatoms. The van der Waals surface area contributed by atoms with Gasteiger partial charge in [-0.15, -0.1) is 0 Å². The molecule has 4 rings (SSSR count). The summed E-state index contributed by atoms with van der Waals surface area (Å²) in [5.41, 5.74) is 8.48. The third-order valence-corrected chi connectivity index (χ3v) is 6.09. The third kappa shape index (κ3) is 4.48. The predicted octanol–water partition coefficient (Wildman–Crippen LogP) is 1.77.